The number of amides is 1. The highest BCUT2D eigenvalue weighted by Gasteiger charge is 2.21. The lowest BCUT2D eigenvalue weighted by atomic mass is 10.3. The van der Waals surface area contributed by atoms with Crippen molar-refractivity contribution in [1.82, 2.24) is 4.90 Å². The Balaban J connectivity index is 2.54. The minimum Gasteiger partial charge on any atom is -0.494 e. The fourth-order valence-electron chi connectivity index (χ4n) is 1.27. The van der Waals surface area contributed by atoms with Gasteiger partial charge in [-0.25, -0.2) is 0 Å². The van der Waals surface area contributed by atoms with E-state index in [9.17, 15) is 9.59 Å². The van der Waals surface area contributed by atoms with Crippen molar-refractivity contribution in [1.29, 1.82) is 0 Å². The highest BCUT2D eigenvalue weighted by Crippen LogP contribution is 2.09. The van der Waals surface area contributed by atoms with Crippen LogP contribution < -0.4 is 0 Å². The van der Waals surface area contributed by atoms with E-state index in [0.29, 0.717) is 19.8 Å². The molecule has 0 aliphatic carbocycles. The summed E-state index contributed by atoms with van der Waals surface area (Å²) in [7, 11) is 0. The molecule has 1 aliphatic rings. The molecular formula is C10H15NO5. The van der Waals surface area contributed by atoms with E-state index in [-0.39, 0.29) is 24.6 Å². The van der Waals surface area contributed by atoms with Gasteiger partial charge in [-0.2, -0.15) is 0 Å². The van der Waals surface area contributed by atoms with Crippen LogP contribution in [0, 0.1) is 0 Å². The van der Waals surface area contributed by atoms with E-state index < -0.39 is 5.97 Å². The molecule has 0 saturated heterocycles. The van der Waals surface area contributed by atoms with Crippen LogP contribution in [0.3, 0.4) is 0 Å². The van der Waals surface area contributed by atoms with E-state index in [1.165, 1.54) is 11.2 Å². The summed E-state index contributed by atoms with van der Waals surface area (Å²) in [5.74, 6) is -1.12. The number of likely N-dealkylation sites (N-methyl/N-ethyl adjacent to an activating group) is 1. The summed E-state index contributed by atoms with van der Waals surface area (Å²) in [5.41, 5.74) is 0. The zero-order valence-electron chi connectivity index (χ0n) is 9.14. The van der Waals surface area contributed by atoms with Crippen molar-refractivity contribution in [2.75, 3.05) is 26.3 Å². The van der Waals surface area contributed by atoms with Crippen LogP contribution in [-0.4, -0.2) is 48.2 Å². The smallest absolute Gasteiger partial charge is 0.305 e. The van der Waals surface area contributed by atoms with Gasteiger partial charge >= 0.3 is 5.97 Å². The van der Waals surface area contributed by atoms with E-state index in [4.69, 9.17) is 14.6 Å². The first kappa shape index (κ1) is 12.4. The number of hydrogen-bond donors (Lipinski definition) is 1. The molecule has 1 heterocycles. The first-order valence-electron chi connectivity index (χ1n) is 5.10. The molecule has 0 unspecified atom stereocenters. The van der Waals surface area contributed by atoms with Gasteiger partial charge in [-0.15, -0.1) is 0 Å². The Hall–Kier alpha value is -1.72. The van der Waals surface area contributed by atoms with Crippen LogP contribution in [-0.2, 0) is 19.1 Å². The average Bonchev–Trinajstić information content (AvgIpc) is 2.30. The fraction of sp³-hybridized carbons (Fsp3) is 0.600. The van der Waals surface area contributed by atoms with Crippen LogP contribution in [0.2, 0.25) is 0 Å². The number of nitrogens with zero attached hydrogens (tertiary/aromatic N) is 1. The number of hydrogen-bond acceptors (Lipinski definition) is 4. The van der Waals surface area contributed by atoms with Crippen LogP contribution in [0.4, 0.5) is 0 Å². The predicted molar refractivity (Wildman–Crippen MR) is 54.5 cm³/mol. The van der Waals surface area contributed by atoms with Gasteiger partial charge in [-0.1, -0.05) is 0 Å². The zero-order chi connectivity index (χ0) is 12.0. The van der Waals surface area contributed by atoms with Crippen molar-refractivity contribution in [2.24, 2.45) is 0 Å². The van der Waals surface area contributed by atoms with Gasteiger partial charge in [0.15, 0.2) is 0 Å². The van der Waals surface area contributed by atoms with Crippen molar-refractivity contribution in [2.45, 2.75) is 13.3 Å². The molecule has 16 heavy (non-hydrogen) atoms. The second-order valence-electron chi connectivity index (χ2n) is 3.23. The molecule has 0 spiro atoms. The molecule has 6 nitrogen and oxygen atoms in total. The second kappa shape index (κ2) is 5.99. The van der Waals surface area contributed by atoms with Gasteiger partial charge in [0.25, 0.3) is 5.91 Å². The number of carbonyl (C=O) groups excluding carboxylic acids is 1. The van der Waals surface area contributed by atoms with Gasteiger partial charge in [0, 0.05) is 13.1 Å². The maximum Gasteiger partial charge on any atom is 0.305 e. The molecule has 0 bridgehead atoms. The molecule has 6 heteroatoms. The van der Waals surface area contributed by atoms with Crippen LogP contribution in [0.15, 0.2) is 12.0 Å². The molecule has 1 N–H and O–H groups in total. The number of aliphatic carboxylic acids is 1. The number of ether oxygens (including phenoxy) is 2. The number of carbonyl (C=O) groups is 2. The summed E-state index contributed by atoms with van der Waals surface area (Å²) in [6.45, 7) is 3.16. The van der Waals surface area contributed by atoms with Crippen LogP contribution in [0.25, 0.3) is 0 Å². The Labute approximate surface area is 93.4 Å². The molecule has 1 amide bonds. The number of carboxylic acid groups (broad SMARTS) is 1. The van der Waals surface area contributed by atoms with Gasteiger partial charge < -0.3 is 19.5 Å². The highest BCUT2D eigenvalue weighted by atomic mass is 16.6. The maximum absolute atomic E-state index is 11.8. The molecule has 0 aromatic heterocycles. The lowest BCUT2D eigenvalue weighted by Gasteiger charge is -2.23. The summed E-state index contributed by atoms with van der Waals surface area (Å²) in [4.78, 5) is 23.6. The monoisotopic (exact) mass is 229 g/mol. The van der Waals surface area contributed by atoms with Gasteiger partial charge in [-0.05, 0) is 6.92 Å². The molecule has 0 radical (unpaired) electrons. The van der Waals surface area contributed by atoms with E-state index >= 15 is 0 Å². The molecular weight excluding hydrogens is 214 g/mol. The van der Waals surface area contributed by atoms with Crippen molar-refractivity contribution >= 4 is 11.9 Å². The van der Waals surface area contributed by atoms with E-state index in [2.05, 4.69) is 0 Å². The summed E-state index contributed by atoms with van der Waals surface area (Å²) in [5, 5.41) is 8.54. The number of carboxylic acids is 1. The number of rotatable bonds is 5. The fourth-order valence-corrected chi connectivity index (χ4v) is 1.27. The summed E-state index contributed by atoms with van der Waals surface area (Å²) < 4.78 is 10.1. The van der Waals surface area contributed by atoms with Crippen LogP contribution >= 0.6 is 0 Å². The molecule has 1 rings (SSSR count). The zero-order valence-corrected chi connectivity index (χ0v) is 9.14. The van der Waals surface area contributed by atoms with Crippen LogP contribution in [0.1, 0.15) is 13.3 Å². The highest BCUT2D eigenvalue weighted by molar-refractivity contribution is 5.91. The summed E-state index contributed by atoms with van der Waals surface area (Å²) in [6.07, 6.45) is 1.20. The van der Waals surface area contributed by atoms with E-state index in [1.807, 2.05) is 0 Å². The minimum absolute atomic E-state index is 0.0757. The van der Waals surface area contributed by atoms with E-state index in [0.717, 1.165) is 0 Å². The first-order chi connectivity index (χ1) is 7.65. The first-order valence-corrected chi connectivity index (χ1v) is 5.10. The molecule has 0 fully saturated rings. The third kappa shape index (κ3) is 3.45. The Morgan fingerprint density at radius 3 is 2.75 bits per heavy atom. The van der Waals surface area contributed by atoms with E-state index in [1.54, 1.807) is 6.92 Å². The molecule has 0 aromatic rings. The third-order valence-electron chi connectivity index (χ3n) is 2.12. The largest absolute Gasteiger partial charge is 0.494 e. The van der Waals surface area contributed by atoms with Crippen molar-refractivity contribution in [3.63, 3.8) is 0 Å². The third-order valence-corrected chi connectivity index (χ3v) is 2.12. The Morgan fingerprint density at radius 2 is 2.25 bits per heavy atom. The van der Waals surface area contributed by atoms with Crippen LogP contribution in [0.5, 0.6) is 0 Å². The van der Waals surface area contributed by atoms with Crippen molar-refractivity contribution in [3.05, 3.63) is 12.0 Å². The standard InChI is InChI=1S/C10H15NO5/c1-2-11(4-3-9(12)13)10(14)8-7-15-5-6-16-8/h7H,2-6H2,1H3,(H,12,13). The predicted octanol–water partition coefficient (Wildman–Crippen LogP) is 0.198. The van der Waals surface area contributed by atoms with Gasteiger partial charge in [-0.3, -0.25) is 9.59 Å². The SMILES string of the molecule is CCN(CCC(=O)O)C(=O)C1=COCCO1. The Kier molecular flexibility index (Phi) is 4.63. The summed E-state index contributed by atoms with van der Waals surface area (Å²) >= 11 is 0. The van der Waals surface area contributed by atoms with Gasteiger partial charge in [0.2, 0.25) is 5.76 Å². The average molecular weight is 229 g/mol. The quantitative estimate of drug-likeness (QED) is 0.728. The normalized spacial score (nSPS) is 14.4. The van der Waals surface area contributed by atoms with Crippen molar-refractivity contribution in [3.8, 4) is 0 Å². The van der Waals surface area contributed by atoms with Crippen molar-refractivity contribution < 1.29 is 24.2 Å². The Morgan fingerprint density at radius 1 is 1.50 bits per heavy atom. The molecule has 90 valence electrons. The lowest BCUT2D eigenvalue weighted by molar-refractivity contribution is -0.138. The Bertz CT molecular complexity index is 300. The molecule has 0 saturated carbocycles. The van der Waals surface area contributed by atoms with Gasteiger partial charge in [0.1, 0.15) is 19.5 Å². The minimum atomic E-state index is -0.930. The second-order valence-corrected chi connectivity index (χ2v) is 3.23. The van der Waals surface area contributed by atoms with Gasteiger partial charge in [0.05, 0.1) is 6.42 Å². The molecule has 1 aliphatic heterocycles. The summed E-state index contributed by atoms with van der Waals surface area (Å²) in [6, 6.07) is 0. The lowest BCUT2D eigenvalue weighted by Crippen LogP contribution is -2.35. The molecule has 0 atom stereocenters. The maximum atomic E-state index is 11.8. The molecule has 0 aromatic carbocycles. The topological polar surface area (TPSA) is 76.1 Å².